The molecule has 0 fully saturated rings. The standard InChI is InChI=1S/C11H16N6O2/c1-7(6-19-8(2)18)17-11(14-15-16-17)9-4-3-5-10(12)13-9/h3-5,7,15-16H,6H2,1-2H3,(H2,12,13). The maximum Gasteiger partial charge on any atom is 0.302 e. The molecule has 0 aliphatic carbocycles. The number of pyridine rings is 1. The molecule has 0 aromatic carbocycles. The zero-order valence-electron chi connectivity index (χ0n) is 10.8. The molecule has 1 unspecified atom stereocenters. The summed E-state index contributed by atoms with van der Waals surface area (Å²) in [5, 5.41) is 5.83. The molecule has 1 aliphatic rings. The van der Waals surface area contributed by atoms with Crippen molar-refractivity contribution in [3.63, 3.8) is 0 Å². The summed E-state index contributed by atoms with van der Waals surface area (Å²) in [4.78, 5) is 15.0. The van der Waals surface area contributed by atoms with E-state index in [0.29, 0.717) is 17.3 Å². The minimum absolute atomic E-state index is 0.110. The summed E-state index contributed by atoms with van der Waals surface area (Å²) in [5.74, 6) is 0.686. The lowest BCUT2D eigenvalue weighted by Crippen LogP contribution is -2.49. The fourth-order valence-electron chi connectivity index (χ4n) is 1.63. The highest BCUT2D eigenvalue weighted by Gasteiger charge is 2.25. The van der Waals surface area contributed by atoms with Gasteiger partial charge in [0.15, 0.2) is 5.84 Å². The third-order valence-corrected chi connectivity index (χ3v) is 2.53. The van der Waals surface area contributed by atoms with Gasteiger partial charge in [-0.25, -0.2) is 10.5 Å². The number of nitrogens with one attached hydrogen (secondary N) is 2. The minimum atomic E-state index is -0.320. The van der Waals surface area contributed by atoms with Crippen LogP contribution in [0.1, 0.15) is 19.5 Å². The maximum absolute atomic E-state index is 10.8. The molecular weight excluding hydrogens is 248 g/mol. The number of carbonyl (C=O) groups excluding carboxylic acids is 1. The van der Waals surface area contributed by atoms with Crippen molar-refractivity contribution in [2.75, 3.05) is 12.3 Å². The normalized spacial score (nSPS) is 15.7. The van der Waals surface area contributed by atoms with Gasteiger partial charge in [0.25, 0.3) is 0 Å². The first-order valence-electron chi connectivity index (χ1n) is 5.82. The molecule has 0 amide bonds. The van der Waals surface area contributed by atoms with Gasteiger partial charge in [-0.2, -0.15) is 0 Å². The zero-order valence-corrected chi connectivity index (χ0v) is 10.8. The van der Waals surface area contributed by atoms with E-state index in [2.05, 4.69) is 21.2 Å². The van der Waals surface area contributed by atoms with Crippen molar-refractivity contribution in [2.45, 2.75) is 19.9 Å². The smallest absolute Gasteiger partial charge is 0.302 e. The molecule has 2 heterocycles. The van der Waals surface area contributed by atoms with Crippen LogP contribution in [0.2, 0.25) is 0 Å². The molecule has 0 spiro atoms. The molecular formula is C11H16N6O2. The molecule has 8 heteroatoms. The second kappa shape index (κ2) is 5.53. The van der Waals surface area contributed by atoms with Gasteiger partial charge >= 0.3 is 5.97 Å². The Labute approximate surface area is 110 Å². The Morgan fingerprint density at radius 2 is 2.37 bits per heavy atom. The van der Waals surface area contributed by atoms with E-state index >= 15 is 0 Å². The average Bonchev–Trinajstić information content (AvgIpc) is 2.85. The van der Waals surface area contributed by atoms with Crippen molar-refractivity contribution < 1.29 is 9.53 Å². The van der Waals surface area contributed by atoms with Crippen LogP contribution in [-0.2, 0) is 9.53 Å². The van der Waals surface area contributed by atoms with Gasteiger partial charge in [0, 0.05) is 6.92 Å². The number of anilines is 1. The number of carbonyl (C=O) groups is 1. The number of nitrogen functional groups attached to an aromatic ring is 1. The van der Waals surface area contributed by atoms with E-state index in [1.165, 1.54) is 6.92 Å². The number of aromatic nitrogens is 1. The predicted molar refractivity (Wildman–Crippen MR) is 69.4 cm³/mol. The van der Waals surface area contributed by atoms with Crippen LogP contribution in [0.5, 0.6) is 0 Å². The number of ether oxygens (including phenoxy) is 1. The van der Waals surface area contributed by atoms with Crippen molar-refractivity contribution in [3.05, 3.63) is 23.9 Å². The Morgan fingerprint density at radius 1 is 1.58 bits per heavy atom. The number of hydrazone groups is 1. The third kappa shape index (κ3) is 3.10. The fraction of sp³-hybridized carbons (Fsp3) is 0.364. The molecule has 19 heavy (non-hydrogen) atoms. The van der Waals surface area contributed by atoms with Gasteiger partial charge in [0.05, 0.1) is 6.04 Å². The van der Waals surface area contributed by atoms with E-state index in [9.17, 15) is 4.79 Å². The van der Waals surface area contributed by atoms with Gasteiger partial charge in [-0.3, -0.25) is 9.80 Å². The van der Waals surface area contributed by atoms with Gasteiger partial charge in [-0.1, -0.05) is 6.07 Å². The number of nitrogens with zero attached hydrogens (tertiary/aromatic N) is 3. The van der Waals surface area contributed by atoms with Crippen LogP contribution < -0.4 is 16.8 Å². The Bertz CT molecular complexity index is 504. The molecule has 0 bridgehead atoms. The van der Waals surface area contributed by atoms with Crippen LogP contribution >= 0.6 is 0 Å². The number of hydrogen-bond donors (Lipinski definition) is 3. The molecule has 1 aliphatic heterocycles. The van der Waals surface area contributed by atoms with Crippen LogP contribution in [0.3, 0.4) is 0 Å². The molecule has 4 N–H and O–H groups in total. The van der Waals surface area contributed by atoms with Gasteiger partial charge in [-0.05, 0) is 19.1 Å². The Morgan fingerprint density at radius 3 is 3.05 bits per heavy atom. The molecule has 2 rings (SSSR count). The largest absolute Gasteiger partial charge is 0.464 e. The van der Waals surface area contributed by atoms with Crippen LogP contribution in [0.4, 0.5) is 5.82 Å². The van der Waals surface area contributed by atoms with Crippen molar-refractivity contribution in [1.82, 2.24) is 21.1 Å². The molecule has 1 atom stereocenters. The molecule has 102 valence electrons. The predicted octanol–water partition coefficient (Wildman–Crippen LogP) is -0.398. The summed E-state index contributed by atoms with van der Waals surface area (Å²) >= 11 is 0. The highest BCUT2D eigenvalue weighted by atomic mass is 16.5. The number of hydrogen-bond acceptors (Lipinski definition) is 8. The van der Waals surface area contributed by atoms with Gasteiger partial charge in [-0.15, -0.1) is 10.6 Å². The first kappa shape index (κ1) is 13.1. The quantitative estimate of drug-likeness (QED) is 0.635. The van der Waals surface area contributed by atoms with Gasteiger partial charge in [0.1, 0.15) is 18.1 Å². The fourth-order valence-corrected chi connectivity index (χ4v) is 1.63. The van der Waals surface area contributed by atoms with Crippen molar-refractivity contribution in [3.8, 4) is 0 Å². The zero-order chi connectivity index (χ0) is 13.8. The third-order valence-electron chi connectivity index (χ3n) is 2.53. The first-order valence-corrected chi connectivity index (χ1v) is 5.82. The Balaban J connectivity index is 2.10. The minimum Gasteiger partial charge on any atom is -0.464 e. The van der Waals surface area contributed by atoms with Crippen molar-refractivity contribution >= 4 is 17.6 Å². The lowest BCUT2D eigenvalue weighted by Gasteiger charge is -2.25. The summed E-state index contributed by atoms with van der Waals surface area (Å²) in [7, 11) is 0. The highest BCUT2D eigenvalue weighted by molar-refractivity contribution is 5.97. The van der Waals surface area contributed by atoms with Crippen molar-refractivity contribution in [2.24, 2.45) is 5.10 Å². The van der Waals surface area contributed by atoms with E-state index < -0.39 is 0 Å². The molecule has 0 saturated carbocycles. The molecule has 1 aromatic rings. The molecule has 8 nitrogen and oxygen atoms in total. The number of amidine groups is 1. The number of esters is 1. The maximum atomic E-state index is 10.8. The van der Waals surface area contributed by atoms with Gasteiger partial charge in [0.2, 0.25) is 0 Å². The van der Waals surface area contributed by atoms with E-state index in [0.717, 1.165) is 0 Å². The van der Waals surface area contributed by atoms with E-state index in [-0.39, 0.29) is 18.6 Å². The lowest BCUT2D eigenvalue weighted by molar-refractivity contribution is -0.142. The summed E-state index contributed by atoms with van der Waals surface area (Å²) in [6.07, 6.45) is 0. The van der Waals surface area contributed by atoms with E-state index in [4.69, 9.17) is 10.5 Å². The van der Waals surface area contributed by atoms with Crippen molar-refractivity contribution in [1.29, 1.82) is 0 Å². The van der Waals surface area contributed by atoms with Gasteiger partial charge < -0.3 is 10.5 Å². The van der Waals surface area contributed by atoms with E-state index in [1.807, 2.05) is 6.92 Å². The Kier molecular flexibility index (Phi) is 3.81. The van der Waals surface area contributed by atoms with E-state index in [1.54, 1.807) is 23.2 Å². The average molecular weight is 264 g/mol. The number of rotatable bonds is 4. The summed E-state index contributed by atoms with van der Waals surface area (Å²) in [6.45, 7) is 3.51. The number of nitrogens with two attached hydrogens (primary N) is 1. The van der Waals surface area contributed by atoms with Crippen LogP contribution in [0.25, 0.3) is 0 Å². The first-order chi connectivity index (χ1) is 9.08. The van der Waals surface area contributed by atoms with Crippen LogP contribution in [0.15, 0.2) is 23.3 Å². The van der Waals surface area contributed by atoms with Crippen LogP contribution in [-0.4, -0.2) is 34.4 Å². The molecule has 0 saturated heterocycles. The van der Waals surface area contributed by atoms with Crippen LogP contribution in [0, 0.1) is 0 Å². The molecule has 1 aromatic heterocycles. The number of hydrazine groups is 2. The highest BCUT2D eigenvalue weighted by Crippen LogP contribution is 2.10. The Hall–Kier alpha value is -2.35. The summed E-state index contributed by atoms with van der Waals surface area (Å²) < 4.78 is 4.98. The summed E-state index contributed by atoms with van der Waals surface area (Å²) in [5.41, 5.74) is 11.8. The SMILES string of the molecule is CC(=O)OCC(C)N1NNN=C1c1cccc(N)n1. The topological polar surface area (TPSA) is 105 Å². The summed E-state index contributed by atoms with van der Waals surface area (Å²) in [6, 6.07) is 5.19. The molecule has 0 radical (unpaired) electrons. The second-order valence-electron chi connectivity index (χ2n) is 4.13. The lowest BCUT2D eigenvalue weighted by atomic mass is 10.2. The monoisotopic (exact) mass is 264 g/mol. The second-order valence-corrected chi connectivity index (χ2v) is 4.13.